The van der Waals surface area contributed by atoms with Crippen LogP contribution in [0.2, 0.25) is 0 Å². The molecule has 140 valence electrons. The zero-order valence-corrected chi connectivity index (χ0v) is 15.1. The van der Waals surface area contributed by atoms with Crippen molar-refractivity contribution in [1.82, 2.24) is 4.98 Å². The van der Waals surface area contributed by atoms with E-state index in [4.69, 9.17) is 10.5 Å². The SMILES string of the molecule is N#Cc1c(N)nc2c3c1NC(O)(c1ccccc1)C(C#N)C3c1ccccc1O2. The fourth-order valence-electron chi connectivity index (χ4n) is 4.26. The second-order valence-corrected chi connectivity index (χ2v) is 7.06. The van der Waals surface area contributed by atoms with E-state index in [0.717, 1.165) is 5.56 Å². The molecule has 29 heavy (non-hydrogen) atoms. The average Bonchev–Trinajstić information content (AvgIpc) is 2.74. The number of nitrogens with one attached hydrogen (secondary N) is 1. The number of aromatic nitrogens is 1. The minimum absolute atomic E-state index is 0.00213. The largest absolute Gasteiger partial charge is 0.438 e. The number of aliphatic hydroxyl groups is 1. The van der Waals surface area contributed by atoms with E-state index in [9.17, 15) is 15.6 Å². The molecule has 7 heteroatoms. The molecule has 3 heterocycles. The normalized spacial score (nSPS) is 23.4. The number of nitriles is 2. The van der Waals surface area contributed by atoms with Crippen molar-refractivity contribution in [3.8, 4) is 23.8 Å². The molecular formula is C22H15N5O2. The quantitative estimate of drug-likeness (QED) is 0.590. The highest BCUT2D eigenvalue weighted by Crippen LogP contribution is 2.57. The minimum Gasteiger partial charge on any atom is -0.438 e. The van der Waals surface area contributed by atoms with Gasteiger partial charge in [-0.05, 0) is 6.07 Å². The maximum absolute atomic E-state index is 11.8. The molecule has 2 aliphatic rings. The standard InChI is InChI=1S/C22H15N5O2/c23-10-14-19-18-17(13-8-4-5-9-16(13)29-21(18)26-20(14)25)15(11-24)22(28,27-19)12-6-2-1-3-7-12/h1-9,15,17,27-28H,(H2,25,26). The summed E-state index contributed by atoms with van der Waals surface area (Å²) in [6.07, 6.45) is 0. The van der Waals surface area contributed by atoms with Crippen LogP contribution in [-0.2, 0) is 5.72 Å². The Morgan fingerprint density at radius 1 is 1.10 bits per heavy atom. The highest BCUT2D eigenvalue weighted by atomic mass is 16.5. The number of hydrogen-bond acceptors (Lipinski definition) is 7. The number of nitrogens with two attached hydrogens (primary N) is 1. The molecule has 0 spiro atoms. The zero-order valence-electron chi connectivity index (χ0n) is 15.1. The third-order valence-corrected chi connectivity index (χ3v) is 5.56. The van der Waals surface area contributed by atoms with Crippen molar-refractivity contribution in [1.29, 1.82) is 10.5 Å². The minimum atomic E-state index is -1.74. The summed E-state index contributed by atoms with van der Waals surface area (Å²) in [7, 11) is 0. The highest BCUT2D eigenvalue weighted by molar-refractivity contribution is 5.78. The Hall–Kier alpha value is -4.07. The first-order valence-electron chi connectivity index (χ1n) is 9.04. The molecule has 2 aliphatic heterocycles. The molecule has 1 aromatic heterocycles. The van der Waals surface area contributed by atoms with Gasteiger partial charge in [0.1, 0.15) is 29.1 Å². The van der Waals surface area contributed by atoms with Gasteiger partial charge >= 0.3 is 0 Å². The van der Waals surface area contributed by atoms with E-state index in [1.807, 2.05) is 24.3 Å². The summed E-state index contributed by atoms with van der Waals surface area (Å²) in [6, 6.07) is 20.5. The molecule has 7 nitrogen and oxygen atoms in total. The van der Waals surface area contributed by atoms with Crippen LogP contribution in [0.15, 0.2) is 54.6 Å². The number of ether oxygens (including phenoxy) is 1. The highest BCUT2D eigenvalue weighted by Gasteiger charge is 2.53. The summed E-state index contributed by atoms with van der Waals surface area (Å²) in [6.45, 7) is 0. The molecule has 2 aromatic carbocycles. The van der Waals surface area contributed by atoms with Crippen LogP contribution < -0.4 is 15.8 Å². The number of pyridine rings is 1. The van der Waals surface area contributed by atoms with Crippen LogP contribution in [-0.4, -0.2) is 10.1 Å². The predicted octanol–water partition coefficient (Wildman–Crippen LogP) is 3.18. The lowest BCUT2D eigenvalue weighted by atomic mass is 9.69. The van der Waals surface area contributed by atoms with Crippen molar-refractivity contribution in [3.63, 3.8) is 0 Å². The van der Waals surface area contributed by atoms with Gasteiger partial charge < -0.3 is 20.9 Å². The van der Waals surface area contributed by atoms with Crippen LogP contribution in [0.1, 0.15) is 28.2 Å². The first-order chi connectivity index (χ1) is 14.1. The Labute approximate surface area is 166 Å². The van der Waals surface area contributed by atoms with Gasteiger partial charge in [-0.2, -0.15) is 15.5 Å². The average molecular weight is 381 g/mol. The number of hydrogen-bond donors (Lipinski definition) is 3. The topological polar surface area (TPSA) is 128 Å². The van der Waals surface area contributed by atoms with Gasteiger partial charge in [0.15, 0.2) is 5.72 Å². The Morgan fingerprint density at radius 3 is 2.55 bits per heavy atom. The van der Waals surface area contributed by atoms with Crippen LogP contribution in [0.4, 0.5) is 11.5 Å². The molecule has 3 unspecified atom stereocenters. The van der Waals surface area contributed by atoms with E-state index in [0.29, 0.717) is 22.6 Å². The van der Waals surface area contributed by atoms with E-state index in [1.165, 1.54) is 0 Å². The number of rotatable bonds is 1. The van der Waals surface area contributed by atoms with Crippen LogP contribution in [0, 0.1) is 28.6 Å². The van der Waals surface area contributed by atoms with Crippen LogP contribution in [0.3, 0.4) is 0 Å². The maximum atomic E-state index is 11.8. The van der Waals surface area contributed by atoms with E-state index in [2.05, 4.69) is 22.4 Å². The molecule has 0 amide bonds. The summed E-state index contributed by atoms with van der Waals surface area (Å²) in [4.78, 5) is 4.27. The Morgan fingerprint density at radius 2 is 1.83 bits per heavy atom. The van der Waals surface area contributed by atoms with E-state index in [1.54, 1.807) is 30.3 Å². The second kappa shape index (κ2) is 5.96. The van der Waals surface area contributed by atoms with Crippen molar-refractivity contribution in [3.05, 3.63) is 76.9 Å². The van der Waals surface area contributed by atoms with Crippen LogP contribution in [0.25, 0.3) is 0 Å². The first-order valence-corrected chi connectivity index (χ1v) is 9.04. The summed E-state index contributed by atoms with van der Waals surface area (Å²) >= 11 is 0. The van der Waals surface area contributed by atoms with Crippen LogP contribution in [0.5, 0.6) is 11.6 Å². The summed E-state index contributed by atoms with van der Waals surface area (Å²) < 4.78 is 5.94. The molecule has 4 N–H and O–H groups in total. The first kappa shape index (κ1) is 17.1. The van der Waals surface area contributed by atoms with E-state index >= 15 is 0 Å². The van der Waals surface area contributed by atoms with Crippen molar-refractivity contribution < 1.29 is 9.84 Å². The maximum Gasteiger partial charge on any atom is 0.227 e. The fourth-order valence-corrected chi connectivity index (χ4v) is 4.26. The molecule has 0 radical (unpaired) electrons. The number of nitrogens with zero attached hydrogens (tertiary/aromatic N) is 3. The number of fused-ring (bicyclic) bond motifs is 2. The van der Waals surface area contributed by atoms with Crippen molar-refractivity contribution in [2.24, 2.45) is 5.92 Å². The lowest BCUT2D eigenvalue weighted by Gasteiger charge is -2.46. The molecule has 3 aromatic rings. The van der Waals surface area contributed by atoms with Gasteiger partial charge in [-0.15, -0.1) is 0 Å². The number of para-hydroxylation sites is 1. The van der Waals surface area contributed by atoms with Gasteiger partial charge in [-0.1, -0.05) is 48.5 Å². The molecule has 0 saturated heterocycles. The van der Waals surface area contributed by atoms with E-state index < -0.39 is 17.6 Å². The third-order valence-electron chi connectivity index (χ3n) is 5.56. The van der Waals surface area contributed by atoms with Crippen molar-refractivity contribution >= 4 is 11.5 Å². The summed E-state index contributed by atoms with van der Waals surface area (Å²) in [5.41, 5.74) is 6.55. The van der Waals surface area contributed by atoms with Gasteiger partial charge in [0.25, 0.3) is 0 Å². The van der Waals surface area contributed by atoms with Gasteiger partial charge in [0.2, 0.25) is 5.88 Å². The Balaban J connectivity index is 1.87. The van der Waals surface area contributed by atoms with E-state index in [-0.39, 0.29) is 17.3 Å². The lowest BCUT2D eigenvalue weighted by Crippen LogP contribution is -2.49. The van der Waals surface area contributed by atoms with Crippen molar-refractivity contribution in [2.45, 2.75) is 11.6 Å². The molecule has 5 rings (SSSR count). The van der Waals surface area contributed by atoms with Gasteiger partial charge in [-0.3, -0.25) is 0 Å². The fraction of sp³-hybridized carbons (Fsp3) is 0.136. The van der Waals surface area contributed by atoms with Crippen molar-refractivity contribution in [2.75, 3.05) is 11.1 Å². The Kier molecular flexibility index (Phi) is 3.51. The zero-order chi connectivity index (χ0) is 20.2. The molecule has 0 bridgehead atoms. The predicted molar refractivity (Wildman–Crippen MR) is 105 cm³/mol. The summed E-state index contributed by atoms with van der Waals surface area (Å²) in [5, 5.41) is 34.6. The van der Waals surface area contributed by atoms with Gasteiger partial charge in [-0.25, -0.2) is 0 Å². The third kappa shape index (κ3) is 2.22. The summed E-state index contributed by atoms with van der Waals surface area (Å²) in [5.74, 6) is -0.675. The molecule has 0 aliphatic carbocycles. The lowest BCUT2D eigenvalue weighted by molar-refractivity contribution is 0.0138. The second-order valence-electron chi connectivity index (χ2n) is 7.06. The van der Waals surface area contributed by atoms with Crippen LogP contribution >= 0.6 is 0 Å². The molecule has 0 saturated carbocycles. The van der Waals surface area contributed by atoms with Gasteiger partial charge in [0.05, 0.1) is 11.8 Å². The monoisotopic (exact) mass is 381 g/mol. The number of nitrogen functional groups attached to an aromatic ring is 1. The molecule has 0 fully saturated rings. The number of benzene rings is 2. The smallest absolute Gasteiger partial charge is 0.227 e. The molecule has 3 atom stereocenters. The Bertz CT molecular complexity index is 1230. The van der Waals surface area contributed by atoms with Gasteiger partial charge in [0, 0.05) is 22.6 Å². The number of anilines is 2. The molecular weight excluding hydrogens is 366 g/mol.